The van der Waals surface area contributed by atoms with E-state index in [0.29, 0.717) is 20.8 Å². The maximum Gasteiger partial charge on any atom is 0.407 e. The second-order valence-electron chi connectivity index (χ2n) is 7.26. The van der Waals surface area contributed by atoms with Crippen LogP contribution < -0.4 is 5.32 Å². The van der Waals surface area contributed by atoms with Gasteiger partial charge in [-0.2, -0.15) is 0 Å². The van der Waals surface area contributed by atoms with Gasteiger partial charge < -0.3 is 35.2 Å². The number of hydrogen-bond acceptors (Lipinski definition) is 11. The molecule has 32 heavy (non-hydrogen) atoms. The maximum absolute atomic E-state index is 12.5. The Morgan fingerprint density at radius 1 is 0.969 bits per heavy atom. The van der Waals surface area contributed by atoms with E-state index in [1.54, 1.807) is 5.32 Å². The number of amides is 1. The van der Waals surface area contributed by atoms with Crippen LogP contribution in [0, 0.1) is 0 Å². The van der Waals surface area contributed by atoms with Crippen molar-refractivity contribution >= 4 is 64.0 Å². The molecule has 1 aliphatic heterocycles. The topological polar surface area (TPSA) is 197 Å². The Kier molecular flexibility index (Phi) is 8.48. The average Bonchev–Trinajstić information content (AvgIpc) is 2.64. The number of carbonyl (C=O) groups excluding carboxylic acids is 5. The Hall–Kier alpha value is -1.38. The number of alkyl halides is 3. The monoisotopic (exact) mass is 521 g/mol. The number of rotatable bonds is 7. The number of aliphatic hydroxyl groups is 4. The predicted octanol–water partition coefficient (Wildman–Crippen LogP) is -1.28. The lowest BCUT2D eigenvalue weighted by molar-refractivity contribution is -0.344. The fourth-order valence-electron chi connectivity index (χ4n) is 3.31. The van der Waals surface area contributed by atoms with Crippen LogP contribution in [0.5, 0.6) is 0 Å². The van der Waals surface area contributed by atoms with Crippen LogP contribution >= 0.6 is 34.8 Å². The van der Waals surface area contributed by atoms with E-state index in [1.807, 2.05) is 0 Å². The molecule has 0 aromatic rings. The third-order valence-electron chi connectivity index (χ3n) is 5.02. The maximum atomic E-state index is 12.5. The summed E-state index contributed by atoms with van der Waals surface area (Å²) in [6, 6.07) is -2.59. The minimum Gasteiger partial charge on any atom is -0.445 e. The Labute approximate surface area is 196 Å². The third-order valence-corrected chi connectivity index (χ3v) is 5.35. The standard InChI is InChI=1S/C17H22Cl3NO11/c1-6(22)10(26)11-15(28,7(2)23)16(29,8(3)24)12(17(30,32-11)9(4)25)21-13(27)31-5-14(18,19)20/h10-12,26,28-30H,5H2,1-4H3,(H,21,27)/t10?,11-,12+,15+,16-,17+/m1/s1. The summed E-state index contributed by atoms with van der Waals surface area (Å²) in [4.78, 5) is 61.2. The van der Waals surface area contributed by atoms with Crippen LogP contribution in [-0.2, 0) is 28.7 Å². The molecule has 0 radical (unpaired) electrons. The first kappa shape index (κ1) is 28.7. The van der Waals surface area contributed by atoms with Crippen LogP contribution in [0.25, 0.3) is 0 Å². The van der Waals surface area contributed by atoms with Crippen LogP contribution in [0.2, 0.25) is 0 Å². The van der Waals surface area contributed by atoms with Crippen LogP contribution in [0.15, 0.2) is 0 Å². The van der Waals surface area contributed by atoms with Crippen molar-refractivity contribution < 1.29 is 53.9 Å². The van der Waals surface area contributed by atoms with Crippen LogP contribution in [0.3, 0.4) is 0 Å². The molecule has 182 valence electrons. The van der Waals surface area contributed by atoms with Crippen molar-refractivity contribution in [1.82, 2.24) is 5.32 Å². The van der Waals surface area contributed by atoms with Gasteiger partial charge in [-0.1, -0.05) is 34.8 Å². The summed E-state index contributed by atoms with van der Waals surface area (Å²) < 4.78 is 7.53. The van der Waals surface area contributed by atoms with Gasteiger partial charge in [0.15, 0.2) is 34.3 Å². The molecular weight excluding hydrogens is 501 g/mol. The van der Waals surface area contributed by atoms with Crippen molar-refractivity contribution in [3.8, 4) is 0 Å². The summed E-state index contributed by atoms with van der Waals surface area (Å²) in [5.41, 5.74) is -6.95. The Morgan fingerprint density at radius 2 is 1.44 bits per heavy atom. The van der Waals surface area contributed by atoms with Crippen molar-refractivity contribution in [3.63, 3.8) is 0 Å². The molecule has 1 unspecified atom stereocenters. The average molecular weight is 523 g/mol. The molecule has 12 nitrogen and oxygen atoms in total. The summed E-state index contributed by atoms with van der Waals surface area (Å²) in [7, 11) is 0. The Balaban J connectivity index is 3.75. The molecule has 0 bridgehead atoms. The van der Waals surface area contributed by atoms with E-state index in [0.717, 1.165) is 6.92 Å². The number of ether oxygens (including phenoxy) is 2. The molecule has 1 fully saturated rings. The minimum absolute atomic E-state index is 0.651. The fraction of sp³-hybridized carbons (Fsp3) is 0.706. The first-order valence-electron chi connectivity index (χ1n) is 8.83. The zero-order valence-corrected chi connectivity index (χ0v) is 19.5. The summed E-state index contributed by atoms with van der Waals surface area (Å²) in [5.74, 6) is -8.67. The summed E-state index contributed by atoms with van der Waals surface area (Å²) in [6.07, 6.45) is -6.46. The van der Waals surface area contributed by atoms with Gasteiger partial charge in [0.2, 0.25) is 3.79 Å². The SMILES string of the molecule is CC(=O)C(O)[C@H]1O[C@@](O)(C(C)=O)[C@@H](NC(=O)OCC(Cl)(Cl)Cl)[C@](O)(C(C)=O)[C@]1(O)C(C)=O. The largest absolute Gasteiger partial charge is 0.445 e. The van der Waals surface area contributed by atoms with E-state index in [-0.39, 0.29) is 0 Å². The van der Waals surface area contributed by atoms with Crippen molar-refractivity contribution in [2.45, 2.75) is 66.7 Å². The highest BCUT2D eigenvalue weighted by Crippen LogP contribution is 2.45. The van der Waals surface area contributed by atoms with Crippen molar-refractivity contribution in [3.05, 3.63) is 0 Å². The zero-order valence-electron chi connectivity index (χ0n) is 17.2. The summed E-state index contributed by atoms with van der Waals surface area (Å²) >= 11 is 16.4. The lowest BCUT2D eigenvalue weighted by Gasteiger charge is -2.57. The van der Waals surface area contributed by atoms with Gasteiger partial charge in [0.25, 0.3) is 5.79 Å². The molecule has 15 heteroatoms. The van der Waals surface area contributed by atoms with Gasteiger partial charge in [0.05, 0.1) is 0 Å². The highest BCUT2D eigenvalue weighted by atomic mass is 35.6. The molecule has 1 amide bonds. The first-order chi connectivity index (χ1) is 14.3. The molecule has 0 spiro atoms. The molecule has 1 rings (SSSR count). The van der Waals surface area contributed by atoms with Crippen molar-refractivity contribution in [2.24, 2.45) is 0 Å². The molecular formula is C17H22Cl3NO11. The number of carbonyl (C=O) groups is 5. The van der Waals surface area contributed by atoms with Crippen LogP contribution in [-0.4, -0.2) is 95.3 Å². The zero-order chi connectivity index (χ0) is 25.4. The molecule has 0 aromatic carbocycles. The molecule has 0 aromatic heterocycles. The van der Waals surface area contributed by atoms with E-state index < -0.39 is 74.9 Å². The number of Topliss-reactive ketones (excluding diaryl/α,β-unsaturated/α-hetero) is 4. The Bertz CT molecular complexity index is 831. The predicted molar refractivity (Wildman–Crippen MR) is 107 cm³/mol. The van der Waals surface area contributed by atoms with Crippen molar-refractivity contribution in [1.29, 1.82) is 0 Å². The highest BCUT2D eigenvalue weighted by Gasteiger charge is 2.76. The molecule has 0 saturated carbocycles. The van der Waals surface area contributed by atoms with Crippen LogP contribution in [0.1, 0.15) is 27.7 Å². The lowest BCUT2D eigenvalue weighted by atomic mass is 9.63. The molecule has 6 atom stereocenters. The van der Waals surface area contributed by atoms with Gasteiger partial charge in [0.1, 0.15) is 24.9 Å². The molecule has 1 aliphatic rings. The van der Waals surface area contributed by atoms with Crippen molar-refractivity contribution in [2.75, 3.05) is 6.61 Å². The summed E-state index contributed by atoms with van der Waals surface area (Å²) in [6.45, 7) is 1.98. The third kappa shape index (κ3) is 4.92. The van der Waals surface area contributed by atoms with Crippen LogP contribution in [0.4, 0.5) is 4.79 Å². The van der Waals surface area contributed by atoms with Gasteiger partial charge in [-0.15, -0.1) is 0 Å². The normalized spacial score (nSPS) is 33.7. The van der Waals surface area contributed by atoms with Gasteiger partial charge >= 0.3 is 6.09 Å². The second kappa shape index (κ2) is 9.47. The number of ketones is 4. The lowest BCUT2D eigenvalue weighted by Crippen LogP contribution is -2.87. The smallest absolute Gasteiger partial charge is 0.407 e. The number of alkyl carbamates (subject to hydrolysis) is 1. The number of hydrogen-bond donors (Lipinski definition) is 5. The molecule has 0 aliphatic carbocycles. The van der Waals surface area contributed by atoms with E-state index in [2.05, 4.69) is 4.74 Å². The fourth-order valence-corrected chi connectivity index (χ4v) is 3.47. The van der Waals surface area contributed by atoms with Gasteiger partial charge in [-0.05, 0) is 20.8 Å². The molecule has 5 N–H and O–H groups in total. The molecule has 1 heterocycles. The Morgan fingerprint density at radius 3 is 1.78 bits per heavy atom. The number of aliphatic hydroxyl groups excluding tert-OH is 1. The number of nitrogens with one attached hydrogen (secondary N) is 1. The van der Waals surface area contributed by atoms with Gasteiger partial charge in [-0.3, -0.25) is 19.2 Å². The van der Waals surface area contributed by atoms with Gasteiger partial charge in [-0.25, -0.2) is 4.79 Å². The minimum atomic E-state index is -3.52. The quantitative estimate of drug-likeness (QED) is 0.250. The first-order valence-corrected chi connectivity index (χ1v) is 9.96. The molecule has 1 saturated heterocycles. The van der Waals surface area contributed by atoms with Gasteiger partial charge in [0, 0.05) is 6.92 Å². The van der Waals surface area contributed by atoms with E-state index >= 15 is 0 Å². The summed E-state index contributed by atoms with van der Waals surface area (Å²) in [5, 5.41) is 45.3. The highest BCUT2D eigenvalue weighted by molar-refractivity contribution is 6.67. The van der Waals surface area contributed by atoms with E-state index in [1.165, 1.54) is 0 Å². The van der Waals surface area contributed by atoms with E-state index in [4.69, 9.17) is 39.5 Å². The van der Waals surface area contributed by atoms with E-state index in [9.17, 15) is 44.4 Å². The second-order valence-corrected chi connectivity index (χ2v) is 9.78. The number of halogens is 3.